The van der Waals surface area contributed by atoms with Crippen LogP contribution >= 0.6 is 22.6 Å². The summed E-state index contributed by atoms with van der Waals surface area (Å²) in [7, 11) is 0. The van der Waals surface area contributed by atoms with E-state index < -0.39 is 0 Å². The molecule has 0 fully saturated rings. The van der Waals surface area contributed by atoms with Crippen molar-refractivity contribution in [2.45, 2.75) is 13.8 Å². The van der Waals surface area contributed by atoms with Gasteiger partial charge >= 0.3 is 0 Å². The molecule has 22 heavy (non-hydrogen) atoms. The summed E-state index contributed by atoms with van der Waals surface area (Å²) < 4.78 is 7.13. The van der Waals surface area contributed by atoms with Gasteiger partial charge in [-0.1, -0.05) is 36.4 Å². The molecule has 0 aliphatic heterocycles. The van der Waals surface area contributed by atoms with E-state index in [-0.39, 0.29) is 0 Å². The number of hydrogen-bond donors (Lipinski definition) is 0. The first kappa shape index (κ1) is 15.1. The maximum atomic E-state index is 5.91. The molecule has 1 nitrogen and oxygen atoms in total. The normalized spacial score (nSPS) is 13.0. The minimum absolute atomic E-state index is 0.936. The van der Waals surface area contributed by atoms with Crippen LogP contribution in [0.15, 0.2) is 71.2 Å². The third-order valence-electron chi connectivity index (χ3n) is 3.80. The summed E-state index contributed by atoms with van der Waals surface area (Å²) in [5, 5.41) is 2.34. The van der Waals surface area contributed by atoms with Gasteiger partial charge in [0.05, 0.1) is 0 Å². The smallest absolute Gasteiger partial charge is 0.135 e. The van der Waals surface area contributed by atoms with E-state index in [0.29, 0.717) is 0 Å². The summed E-state index contributed by atoms with van der Waals surface area (Å²) in [6.07, 6.45) is 6.08. The molecule has 1 aromatic heterocycles. The summed E-state index contributed by atoms with van der Waals surface area (Å²) in [6, 6.07) is 12.7. The fraction of sp³-hybridized carbons (Fsp3) is 0.100. The number of halogens is 1. The third-order valence-corrected chi connectivity index (χ3v) is 4.48. The highest BCUT2D eigenvalue weighted by atomic mass is 127. The van der Waals surface area contributed by atoms with Crippen molar-refractivity contribution in [3.63, 3.8) is 0 Å². The van der Waals surface area contributed by atoms with Crippen LogP contribution in [0.3, 0.4) is 0 Å². The minimum atomic E-state index is 0.936. The number of allylic oxidation sites excluding steroid dienone is 5. The maximum Gasteiger partial charge on any atom is 0.135 e. The lowest BCUT2D eigenvalue weighted by atomic mass is 10.0. The van der Waals surface area contributed by atoms with Crippen molar-refractivity contribution in [3.8, 4) is 0 Å². The molecule has 0 aliphatic carbocycles. The molecule has 0 aliphatic rings. The van der Waals surface area contributed by atoms with Crippen LogP contribution < -0.4 is 0 Å². The molecular formula is C20H17IO. The SMILES string of the molecule is C=C/C(C)=C\C=C(/C)c1ccc2oc3ccc(I)cc3c2c1. The summed E-state index contributed by atoms with van der Waals surface area (Å²) >= 11 is 2.33. The van der Waals surface area contributed by atoms with Crippen molar-refractivity contribution in [1.82, 2.24) is 0 Å². The zero-order valence-electron chi connectivity index (χ0n) is 12.7. The lowest BCUT2D eigenvalue weighted by Crippen LogP contribution is -1.79. The fourth-order valence-corrected chi connectivity index (χ4v) is 2.91. The van der Waals surface area contributed by atoms with Crippen LogP contribution in [-0.2, 0) is 0 Å². The second-order valence-corrected chi connectivity index (χ2v) is 6.66. The summed E-state index contributed by atoms with van der Waals surface area (Å²) in [5.74, 6) is 0. The zero-order valence-corrected chi connectivity index (χ0v) is 14.8. The van der Waals surface area contributed by atoms with Gasteiger partial charge in [-0.25, -0.2) is 0 Å². The standard InChI is InChI=1S/C20H17IO/c1-4-13(2)5-6-14(3)15-7-9-19-17(11-15)18-12-16(21)8-10-20(18)22-19/h4-12H,1H2,2-3H3/b13-5-,14-6+. The molecule has 110 valence electrons. The molecule has 0 bridgehead atoms. The first-order valence-corrected chi connectivity index (χ1v) is 8.26. The van der Waals surface area contributed by atoms with Gasteiger partial charge in [0, 0.05) is 14.3 Å². The Labute approximate surface area is 144 Å². The lowest BCUT2D eigenvalue weighted by Gasteiger charge is -2.01. The lowest BCUT2D eigenvalue weighted by molar-refractivity contribution is 0.669. The molecule has 0 atom stereocenters. The van der Waals surface area contributed by atoms with Crippen LogP contribution in [0.1, 0.15) is 19.4 Å². The molecule has 0 radical (unpaired) electrons. The molecule has 3 rings (SSSR count). The van der Waals surface area contributed by atoms with Gasteiger partial charge in [-0.15, -0.1) is 0 Å². The van der Waals surface area contributed by atoms with Gasteiger partial charge in [0.2, 0.25) is 0 Å². The molecule has 1 heterocycles. The van der Waals surface area contributed by atoms with E-state index in [1.54, 1.807) is 0 Å². The van der Waals surface area contributed by atoms with Crippen LogP contribution in [-0.4, -0.2) is 0 Å². The molecular weight excluding hydrogens is 383 g/mol. The van der Waals surface area contributed by atoms with Crippen LogP contribution in [0.2, 0.25) is 0 Å². The van der Waals surface area contributed by atoms with E-state index in [2.05, 4.69) is 78.6 Å². The minimum Gasteiger partial charge on any atom is -0.456 e. The first-order chi connectivity index (χ1) is 10.6. The predicted molar refractivity (Wildman–Crippen MR) is 104 cm³/mol. The summed E-state index contributed by atoms with van der Waals surface area (Å²) in [4.78, 5) is 0. The number of benzene rings is 2. The van der Waals surface area contributed by atoms with E-state index in [1.165, 1.54) is 25.5 Å². The van der Waals surface area contributed by atoms with Gasteiger partial charge in [-0.05, 0) is 77.9 Å². The van der Waals surface area contributed by atoms with E-state index in [0.717, 1.165) is 16.7 Å². The number of hydrogen-bond acceptors (Lipinski definition) is 1. The highest BCUT2D eigenvalue weighted by molar-refractivity contribution is 14.1. The van der Waals surface area contributed by atoms with Crippen molar-refractivity contribution in [1.29, 1.82) is 0 Å². The van der Waals surface area contributed by atoms with Gasteiger partial charge < -0.3 is 4.42 Å². The largest absolute Gasteiger partial charge is 0.456 e. The van der Waals surface area contributed by atoms with Crippen LogP contribution in [0, 0.1) is 3.57 Å². The number of furan rings is 1. The third kappa shape index (κ3) is 2.88. The Kier molecular flexibility index (Phi) is 4.21. The van der Waals surface area contributed by atoms with E-state index >= 15 is 0 Å². The highest BCUT2D eigenvalue weighted by Crippen LogP contribution is 2.32. The van der Waals surface area contributed by atoms with E-state index in [9.17, 15) is 0 Å². The molecule has 0 spiro atoms. The van der Waals surface area contributed by atoms with Crippen LogP contribution in [0.4, 0.5) is 0 Å². The predicted octanol–water partition coefficient (Wildman–Crippen LogP) is 6.73. The first-order valence-electron chi connectivity index (χ1n) is 7.18. The molecule has 0 saturated carbocycles. The van der Waals surface area contributed by atoms with Crippen LogP contribution in [0.5, 0.6) is 0 Å². The van der Waals surface area contributed by atoms with Gasteiger partial charge in [-0.2, -0.15) is 0 Å². The Hall–Kier alpha value is -1.81. The Morgan fingerprint density at radius 1 is 1.00 bits per heavy atom. The van der Waals surface area contributed by atoms with E-state index in [1.807, 2.05) is 19.1 Å². The average Bonchev–Trinajstić information content (AvgIpc) is 2.89. The highest BCUT2D eigenvalue weighted by Gasteiger charge is 2.08. The fourth-order valence-electron chi connectivity index (χ4n) is 2.42. The molecule has 0 saturated heterocycles. The molecule has 2 aromatic carbocycles. The molecule has 0 amide bonds. The Balaban J connectivity index is 2.14. The summed E-state index contributed by atoms with van der Waals surface area (Å²) in [6.45, 7) is 7.95. The summed E-state index contributed by atoms with van der Waals surface area (Å²) in [5.41, 5.74) is 5.47. The Morgan fingerprint density at radius 2 is 1.68 bits per heavy atom. The Bertz CT molecular complexity index is 925. The van der Waals surface area contributed by atoms with Gasteiger partial charge in [0.1, 0.15) is 11.2 Å². The van der Waals surface area contributed by atoms with Gasteiger partial charge in [-0.3, -0.25) is 0 Å². The molecule has 2 heteroatoms. The van der Waals surface area contributed by atoms with Crippen molar-refractivity contribution in [2.75, 3.05) is 0 Å². The molecule has 3 aromatic rings. The van der Waals surface area contributed by atoms with Crippen LogP contribution in [0.25, 0.3) is 27.5 Å². The number of fused-ring (bicyclic) bond motifs is 3. The maximum absolute atomic E-state index is 5.91. The average molecular weight is 400 g/mol. The van der Waals surface area contributed by atoms with E-state index in [4.69, 9.17) is 4.42 Å². The number of rotatable bonds is 3. The topological polar surface area (TPSA) is 13.1 Å². The monoisotopic (exact) mass is 400 g/mol. The van der Waals surface area contributed by atoms with Crippen molar-refractivity contribution >= 4 is 50.1 Å². The quantitative estimate of drug-likeness (QED) is 0.351. The second kappa shape index (κ2) is 6.13. The second-order valence-electron chi connectivity index (χ2n) is 5.42. The Morgan fingerprint density at radius 3 is 2.41 bits per heavy atom. The van der Waals surface area contributed by atoms with Gasteiger partial charge in [0.25, 0.3) is 0 Å². The molecule has 0 unspecified atom stereocenters. The van der Waals surface area contributed by atoms with Crippen molar-refractivity contribution in [3.05, 3.63) is 75.9 Å². The molecule has 0 N–H and O–H groups in total. The van der Waals surface area contributed by atoms with Crippen molar-refractivity contribution < 1.29 is 4.42 Å². The van der Waals surface area contributed by atoms with Gasteiger partial charge in [0.15, 0.2) is 0 Å². The zero-order chi connectivity index (χ0) is 15.7. The van der Waals surface area contributed by atoms with Crippen molar-refractivity contribution in [2.24, 2.45) is 0 Å².